The summed E-state index contributed by atoms with van der Waals surface area (Å²) in [6, 6.07) is 0. The lowest BCUT2D eigenvalue weighted by molar-refractivity contribution is -0.113. The average Bonchev–Trinajstić information content (AvgIpc) is 2.60. The molecule has 0 radical (unpaired) electrons. The lowest BCUT2D eigenvalue weighted by Gasteiger charge is -2.51. The Morgan fingerprint density at radius 2 is 0.917 bits per heavy atom. The zero-order chi connectivity index (χ0) is 17.1. The Bertz CT molecular complexity index is 352. The zero-order valence-electron chi connectivity index (χ0n) is 15.9. The highest BCUT2D eigenvalue weighted by molar-refractivity contribution is 4.97. The molecule has 3 rings (SSSR count). The van der Waals surface area contributed by atoms with Gasteiger partial charge < -0.3 is 18.9 Å². The van der Waals surface area contributed by atoms with Gasteiger partial charge in [-0.2, -0.15) is 0 Å². The minimum absolute atomic E-state index is 0.285. The minimum atomic E-state index is 0.285. The Hall–Kier alpha value is -0.160. The van der Waals surface area contributed by atoms with E-state index in [1.54, 1.807) is 0 Å². The minimum Gasteiger partial charge on any atom is -0.384 e. The number of hydrogen-bond donors (Lipinski definition) is 0. The van der Waals surface area contributed by atoms with Crippen molar-refractivity contribution in [1.82, 2.24) is 0 Å². The van der Waals surface area contributed by atoms with Gasteiger partial charge in [-0.05, 0) is 74.0 Å². The van der Waals surface area contributed by atoms with Crippen molar-refractivity contribution in [2.24, 2.45) is 35.5 Å². The molecule has 3 aliphatic rings. The van der Waals surface area contributed by atoms with Gasteiger partial charge >= 0.3 is 0 Å². The maximum atomic E-state index is 5.73. The molecule has 3 fully saturated rings. The Morgan fingerprint density at radius 1 is 0.542 bits per heavy atom. The van der Waals surface area contributed by atoms with E-state index < -0.39 is 0 Å². The van der Waals surface area contributed by atoms with Crippen LogP contribution in [0.5, 0.6) is 0 Å². The van der Waals surface area contributed by atoms with Crippen molar-refractivity contribution in [3.8, 4) is 0 Å². The number of hydrogen-bond acceptors (Lipinski definition) is 4. The Morgan fingerprint density at radius 3 is 1.25 bits per heavy atom. The largest absolute Gasteiger partial charge is 0.384 e. The molecule has 8 atom stereocenters. The summed E-state index contributed by atoms with van der Waals surface area (Å²) in [4.78, 5) is 0. The highest BCUT2D eigenvalue weighted by atomic mass is 16.5. The van der Waals surface area contributed by atoms with E-state index in [0.717, 1.165) is 36.9 Å². The summed E-state index contributed by atoms with van der Waals surface area (Å²) >= 11 is 0. The fourth-order valence-corrected chi connectivity index (χ4v) is 6.10. The van der Waals surface area contributed by atoms with E-state index in [0.29, 0.717) is 11.8 Å². The smallest absolute Gasteiger partial charge is 0.0835 e. The van der Waals surface area contributed by atoms with Crippen molar-refractivity contribution in [3.05, 3.63) is 0 Å². The van der Waals surface area contributed by atoms with Crippen LogP contribution >= 0.6 is 0 Å². The summed E-state index contributed by atoms with van der Waals surface area (Å²) in [6.07, 6.45) is 8.33. The van der Waals surface area contributed by atoms with Gasteiger partial charge in [-0.1, -0.05) is 0 Å². The maximum Gasteiger partial charge on any atom is 0.0835 e. The van der Waals surface area contributed by atoms with Crippen LogP contribution in [0.3, 0.4) is 0 Å². The van der Waals surface area contributed by atoms with Gasteiger partial charge in [0.25, 0.3) is 0 Å². The van der Waals surface area contributed by atoms with Gasteiger partial charge in [0.05, 0.1) is 12.2 Å². The van der Waals surface area contributed by atoms with E-state index in [1.165, 1.54) is 38.5 Å². The van der Waals surface area contributed by atoms with Crippen LogP contribution in [0.4, 0.5) is 0 Å². The quantitative estimate of drug-likeness (QED) is 0.743. The maximum absolute atomic E-state index is 5.73. The lowest BCUT2D eigenvalue weighted by Crippen LogP contribution is -2.48. The molecule has 0 aliphatic heterocycles. The second-order valence-electron chi connectivity index (χ2n) is 8.43. The molecule has 3 aliphatic carbocycles. The molecule has 0 amide bonds. The van der Waals surface area contributed by atoms with Gasteiger partial charge in [0.2, 0.25) is 0 Å². The molecule has 0 unspecified atom stereocenters. The van der Waals surface area contributed by atoms with E-state index in [1.807, 2.05) is 28.4 Å². The molecule has 0 N–H and O–H groups in total. The highest BCUT2D eigenvalue weighted by Gasteiger charge is 2.47. The molecule has 0 saturated heterocycles. The topological polar surface area (TPSA) is 36.9 Å². The van der Waals surface area contributed by atoms with Crippen molar-refractivity contribution in [2.75, 3.05) is 41.7 Å². The van der Waals surface area contributed by atoms with E-state index in [-0.39, 0.29) is 12.2 Å². The SMILES string of the molecule is COC[C@@H]1C[C@@H]2C[C@H]3C[C@@H](OC)[C@H](OC)C[C@H]3C[C@@H]2C[C@H]1COC. The second-order valence-corrected chi connectivity index (χ2v) is 8.43. The third-order valence-electron chi connectivity index (χ3n) is 7.27. The average molecular weight is 341 g/mol. The first-order chi connectivity index (χ1) is 11.7. The molecule has 0 bridgehead atoms. The molecule has 4 nitrogen and oxygen atoms in total. The molecule has 140 valence electrons. The molecule has 4 heteroatoms. The van der Waals surface area contributed by atoms with Gasteiger partial charge in [0, 0.05) is 41.7 Å². The monoisotopic (exact) mass is 340 g/mol. The molecule has 0 spiro atoms. The first-order valence-corrected chi connectivity index (χ1v) is 9.73. The first-order valence-electron chi connectivity index (χ1n) is 9.73. The first kappa shape index (κ1) is 18.6. The molecular weight excluding hydrogens is 304 g/mol. The molecule has 24 heavy (non-hydrogen) atoms. The predicted octanol–water partition coefficient (Wildman–Crippen LogP) is 3.39. The van der Waals surface area contributed by atoms with Gasteiger partial charge in [-0.15, -0.1) is 0 Å². The number of rotatable bonds is 6. The van der Waals surface area contributed by atoms with Crippen LogP contribution in [0, 0.1) is 35.5 Å². The van der Waals surface area contributed by atoms with Crippen LogP contribution < -0.4 is 0 Å². The van der Waals surface area contributed by atoms with Crippen molar-refractivity contribution < 1.29 is 18.9 Å². The fraction of sp³-hybridized carbons (Fsp3) is 1.00. The van der Waals surface area contributed by atoms with E-state index in [2.05, 4.69) is 0 Å². The van der Waals surface area contributed by atoms with Crippen molar-refractivity contribution in [1.29, 1.82) is 0 Å². The van der Waals surface area contributed by atoms with Crippen molar-refractivity contribution >= 4 is 0 Å². The molecule has 0 aromatic heterocycles. The van der Waals surface area contributed by atoms with Crippen LogP contribution in [-0.2, 0) is 18.9 Å². The van der Waals surface area contributed by atoms with Gasteiger partial charge in [0.1, 0.15) is 0 Å². The van der Waals surface area contributed by atoms with Crippen LogP contribution in [-0.4, -0.2) is 53.9 Å². The Labute approximate surface area is 147 Å². The normalized spacial score (nSPS) is 45.5. The van der Waals surface area contributed by atoms with Crippen LogP contribution in [0.1, 0.15) is 38.5 Å². The number of methoxy groups -OCH3 is 4. The standard InChI is InChI=1S/C20H36O4/c1-21-11-17-7-13-5-15-9-19(23-3)20(24-4)10-16(15)6-14(13)8-18(17)12-22-2/h13-20H,5-12H2,1-4H3/t13-,14+,15-,16+,17-,18-,19+,20+/m0/s1. The Kier molecular flexibility index (Phi) is 6.58. The third-order valence-corrected chi connectivity index (χ3v) is 7.27. The van der Waals surface area contributed by atoms with Crippen LogP contribution in [0.2, 0.25) is 0 Å². The van der Waals surface area contributed by atoms with Crippen LogP contribution in [0.15, 0.2) is 0 Å². The fourth-order valence-electron chi connectivity index (χ4n) is 6.10. The Balaban J connectivity index is 1.66. The molecule has 3 saturated carbocycles. The zero-order valence-corrected chi connectivity index (χ0v) is 15.9. The second kappa shape index (κ2) is 8.48. The van der Waals surface area contributed by atoms with Gasteiger partial charge in [-0.25, -0.2) is 0 Å². The molecule has 0 aromatic rings. The van der Waals surface area contributed by atoms with Crippen molar-refractivity contribution in [2.45, 2.75) is 50.7 Å². The highest BCUT2D eigenvalue weighted by Crippen LogP contribution is 2.53. The van der Waals surface area contributed by atoms with Gasteiger partial charge in [0.15, 0.2) is 0 Å². The lowest BCUT2D eigenvalue weighted by atomic mass is 9.56. The number of fused-ring (bicyclic) bond motifs is 2. The van der Waals surface area contributed by atoms with Crippen molar-refractivity contribution in [3.63, 3.8) is 0 Å². The summed E-state index contributed by atoms with van der Waals surface area (Å²) < 4.78 is 22.5. The summed E-state index contributed by atoms with van der Waals surface area (Å²) in [5, 5.41) is 0. The summed E-state index contributed by atoms with van der Waals surface area (Å²) in [7, 11) is 7.35. The van der Waals surface area contributed by atoms with E-state index in [4.69, 9.17) is 18.9 Å². The van der Waals surface area contributed by atoms with E-state index >= 15 is 0 Å². The molecule has 0 heterocycles. The predicted molar refractivity (Wildman–Crippen MR) is 94.0 cm³/mol. The molecule has 0 aromatic carbocycles. The molecular formula is C20H36O4. The summed E-state index contributed by atoms with van der Waals surface area (Å²) in [6.45, 7) is 1.77. The van der Waals surface area contributed by atoms with Crippen LogP contribution in [0.25, 0.3) is 0 Å². The summed E-state index contributed by atoms with van der Waals surface area (Å²) in [5.41, 5.74) is 0. The number of ether oxygens (including phenoxy) is 4. The summed E-state index contributed by atoms with van der Waals surface area (Å²) in [5.74, 6) is 4.73. The third kappa shape index (κ3) is 3.82. The van der Waals surface area contributed by atoms with E-state index in [9.17, 15) is 0 Å². The van der Waals surface area contributed by atoms with Gasteiger partial charge in [-0.3, -0.25) is 0 Å².